The van der Waals surface area contributed by atoms with Crippen LogP contribution in [0.25, 0.3) is 0 Å². The van der Waals surface area contributed by atoms with Crippen LogP contribution in [0.2, 0.25) is 5.02 Å². The quantitative estimate of drug-likeness (QED) is 0.670. The van der Waals surface area contributed by atoms with Crippen LogP contribution in [0.15, 0.2) is 18.2 Å². The fourth-order valence-corrected chi connectivity index (χ4v) is 2.35. The van der Waals surface area contributed by atoms with E-state index >= 15 is 0 Å². The van der Waals surface area contributed by atoms with Crippen LogP contribution in [-0.2, 0) is 9.53 Å². The van der Waals surface area contributed by atoms with Gasteiger partial charge in [-0.15, -0.1) is 0 Å². The highest BCUT2D eigenvalue weighted by atomic mass is 35.5. The largest absolute Gasteiger partial charge is 0.452 e. The summed E-state index contributed by atoms with van der Waals surface area (Å²) < 4.78 is 5.04. The summed E-state index contributed by atoms with van der Waals surface area (Å²) in [4.78, 5) is 25.7. The van der Waals surface area contributed by atoms with Crippen LogP contribution in [0.4, 0.5) is 5.69 Å². The number of nitrogens with two attached hydrogens (primary N) is 1. The highest BCUT2D eigenvalue weighted by Gasteiger charge is 2.22. The highest BCUT2D eigenvalue weighted by Crippen LogP contribution is 2.19. The van der Waals surface area contributed by atoms with E-state index in [-0.39, 0.29) is 35.8 Å². The maximum absolute atomic E-state index is 12.1. The Kier molecular flexibility index (Phi) is 6.03. The van der Waals surface area contributed by atoms with Crippen molar-refractivity contribution in [2.75, 3.05) is 12.3 Å². The molecule has 2 N–H and O–H groups in total. The Hall–Kier alpha value is -1.75. The molecule has 1 amide bonds. The minimum Gasteiger partial charge on any atom is -0.452 e. The van der Waals surface area contributed by atoms with Crippen LogP contribution >= 0.6 is 11.6 Å². The van der Waals surface area contributed by atoms with E-state index in [1.165, 1.54) is 12.1 Å². The second-order valence-electron chi connectivity index (χ2n) is 5.30. The first-order valence-electron chi connectivity index (χ1n) is 6.77. The van der Waals surface area contributed by atoms with Crippen LogP contribution in [0.1, 0.15) is 38.1 Å². The van der Waals surface area contributed by atoms with Crippen LogP contribution in [0, 0.1) is 0 Å². The molecule has 0 aromatic heterocycles. The van der Waals surface area contributed by atoms with Crippen molar-refractivity contribution in [3.05, 3.63) is 28.8 Å². The monoisotopic (exact) mass is 312 g/mol. The van der Waals surface area contributed by atoms with Crippen molar-refractivity contribution in [3.63, 3.8) is 0 Å². The summed E-state index contributed by atoms with van der Waals surface area (Å²) in [7, 11) is 0. The number of benzene rings is 1. The summed E-state index contributed by atoms with van der Waals surface area (Å²) in [5.74, 6) is -0.870. The molecule has 1 aromatic rings. The molecule has 1 rings (SSSR count). The predicted molar refractivity (Wildman–Crippen MR) is 83.3 cm³/mol. The number of ether oxygens (including phenoxy) is 1. The number of carbonyl (C=O) groups is 2. The summed E-state index contributed by atoms with van der Waals surface area (Å²) in [6.07, 6.45) is 0. The Balaban J connectivity index is 2.70. The Morgan fingerprint density at radius 3 is 2.29 bits per heavy atom. The maximum Gasteiger partial charge on any atom is 0.340 e. The van der Waals surface area contributed by atoms with E-state index in [1.54, 1.807) is 11.0 Å². The van der Waals surface area contributed by atoms with Gasteiger partial charge in [-0.2, -0.15) is 0 Å². The molecule has 5 nitrogen and oxygen atoms in total. The summed E-state index contributed by atoms with van der Waals surface area (Å²) in [5, 5.41) is 0.436. The summed E-state index contributed by atoms with van der Waals surface area (Å²) in [6.45, 7) is 7.35. The zero-order chi connectivity index (χ0) is 16.2. The first kappa shape index (κ1) is 17.3. The number of hydrogen-bond acceptors (Lipinski definition) is 4. The first-order chi connectivity index (χ1) is 9.73. The number of rotatable bonds is 5. The second kappa shape index (κ2) is 7.31. The molecule has 0 unspecified atom stereocenters. The van der Waals surface area contributed by atoms with Gasteiger partial charge in [0.25, 0.3) is 5.91 Å². The first-order valence-corrected chi connectivity index (χ1v) is 7.15. The Morgan fingerprint density at radius 1 is 1.24 bits per heavy atom. The van der Waals surface area contributed by atoms with Crippen molar-refractivity contribution in [1.29, 1.82) is 0 Å². The van der Waals surface area contributed by atoms with Gasteiger partial charge in [-0.1, -0.05) is 11.6 Å². The van der Waals surface area contributed by atoms with Gasteiger partial charge in [0.1, 0.15) is 0 Å². The third-order valence-electron chi connectivity index (χ3n) is 2.96. The second-order valence-corrected chi connectivity index (χ2v) is 5.73. The van der Waals surface area contributed by atoms with Crippen molar-refractivity contribution < 1.29 is 14.3 Å². The number of nitrogens with zero attached hydrogens (tertiary/aromatic N) is 1. The van der Waals surface area contributed by atoms with E-state index in [4.69, 9.17) is 22.1 Å². The number of halogens is 1. The van der Waals surface area contributed by atoms with Crippen LogP contribution < -0.4 is 5.73 Å². The van der Waals surface area contributed by atoms with E-state index in [2.05, 4.69) is 0 Å². The smallest absolute Gasteiger partial charge is 0.340 e. The number of anilines is 1. The van der Waals surface area contributed by atoms with Crippen molar-refractivity contribution in [3.8, 4) is 0 Å². The zero-order valence-electron chi connectivity index (χ0n) is 12.7. The molecule has 0 bridgehead atoms. The van der Waals surface area contributed by atoms with Crippen molar-refractivity contribution in [2.45, 2.75) is 39.8 Å². The molecule has 21 heavy (non-hydrogen) atoms. The highest BCUT2D eigenvalue weighted by molar-refractivity contribution is 6.31. The van der Waals surface area contributed by atoms with E-state index in [9.17, 15) is 9.59 Å². The van der Waals surface area contributed by atoms with Gasteiger partial charge in [0.2, 0.25) is 0 Å². The average molecular weight is 313 g/mol. The molecule has 0 aliphatic carbocycles. The third-order valence-corrected chi connectivity index (χ3v) is 3.20. The van der Waals surface area contributed by atoms with Gasteiger partial charge < -0.3 is 15.4 Å². The van der Waals surface area contributed by atoms with Crippen molar-refractivity contribution in [2.24, 2.45) is 0 Å². The molecule has 0 radical (unpaired) electrons. The third kappa shape index (κ3) is 4.63. The molecule has 6 heteroatoms. The van der Waals surface area contributed by atoms with Gasteiger partial charge in [-0.25, -0.2) is 4.79 Å². The molecule has 0 aliphatic rings. The van der Waals surface area contributed by atoms with Gasteiger partial charge in [-0.05, 0) is 45.9 Å². The molecule has 0 aliphatic heterocycles. The average Bonchev–Trinajstić information content (AvgIpc) is 2.35. The fourth-order valence-electron chi connectivity index (χ4n) is 2.17. The lowest BCUT2D eigenvalue weighted by Crippen LogP contribution is -2.44. The van der Waals surface area contributed by atoms with Crippen molar-refractivity contribution >= 4 is 29.2 Å². The fraction of sp³-hybridized carbons (Fsp3) is 0.467. The van der Waals surface area contributed by atoms with Crippen LogP contribution in [0.5, 0.6) is 0 Å². The molecular weight excluding hydrogens is 292 g/mol. The summed E-state index contributed by atoms with van der Waals surface area (Å²) >= 11 is 5.77. The lowest BCUT2D eigenvalue weighted by molar-refractivity contribution is -0.138. The van der Waals surface area contributed by atoms with E-state index in [1.807, 2.05) is 27.7 Å². The Morgan fingerprint density at radius 2 is 1.81 bits per heavy atom. The Bertz CT molecular complexity index is 522. The van der Waals surface area contributed by atoms with Gasteiger partial charge >= 0.3 is 5.97 Å². The molecular formula is C15H21ClN2O3. The predicted octanol–water partition coefficient (Wildman–Crippen LogP) is 2.72. The summed E-state index contributed by atoms with van der Waals surface area (Å²) in [6, 6.07) is 4.57. The SMILES string of the molecule is CC(C)N(C(=O)COC(=O)c1ccc(Cl)cc1N)C(C)C. The molecule has 1 aromatic carbocycles. The topological polar surface area (TPSA) is 72.6 Å². The maximum atomic E-state index is 12.1. The van der Waals surface area contributed by atoms with Gasteiger partial charge in [0.05, 0.1) is 5.56 Å². The summed E-state index contributed by atoms with van der Waals surface area (Å²) in [5.41, 5.74) is 6.13. The molecule has 0 saturated carbocycles. The number of nitrogen functional groups attached to an aromatic ring is 1. The molecule has 116 valence electrons. The zero-order valence-corrected chi connectivity index (χ0v) is 13.5. The minimum absolute atomic E-state index is 0.0387. The number of amides is 1. The standard InChI is InChI=1S/C15H21ClN2O3/c1-9(2)18(10(3)4)14(19)8-21-15(20)12-6-5-11(16)7-13(12)17/h5-7,9-10H,8,17H2,1-4H3. The number of carbonyl (C=O) groups excluding carboxylic acids is 2. The number of hydrogen-bond donors (Lipinski definition) is 1. The lowest BCUT2D eigenvalue weighted by atomic mass is 10.2. The molecule has 0 spiro atoms. The molecule has 0 fully saturated rings. The normalized spacial score (nSPS) is 10.8. The van der Waals surface area contributed by atoms with Crippen LogP contribution in [-0.4, -0.2) is 35.5 Å². The van der Waals surface area contributed by atoms with E-state index < -0.39 is 5.97 Å². The lowest BCUT2D eigenvalue weighted by Gasteiger charge is -2.30. The number of esters is 1. The molecule has 0 saturated heterocycles. The van der Waals surface area contributed by atoms with Crippen molar-refractivity contribution in [1.82, 2.24) is 4.90 Å². The van der Waals surface area contributed by atoms with Crippen LogP contribution in [0.3, 0.4) is 0 Å². The molecule has 0 heterocycles. The van der Waals surface area contributed by atoms with Gasteiger partial charge in [0, 0.05) is 22.8 Å². The molecule has 0 atom stereocenters. The minimum atomic E-state index is -0.634. The van der Waals surface area contributed by atoms with Gasteiger partial charge in [-0.3, -0.25) is 4.79 Å². The van der Waals surface area contributed by atoms with Gasteiger partial charge in [0.15, 0.2) is 6.61 Å². The van der Waals surface area contributed by atoms with E-state index in [0.717, 1.165) is 0 Å². The van der Waals surface area contributed by atoms with E-state index in [0.29, 0.717) is 5.02 Å². The Labute approximate surface area is 130 Å².